The molecule has 0 aliphatic carbocycles. The molecule has 0 aromatic heterocycles. The summed E-state index contributed by atoms with van der Waals surface area (Å²) in [4.78, 5) is 26.1. The van der Waals surface area contributed by atoms with Crippen molar-refractivity contribution in [1.29, 1.82) is 0 Å². The lowest BCUT2D eigenvalue weighted by atomic mass is 10.2. The molecule has 0 saturated carbocycles. The average molecular weight is 383 g/mol. The van der Waals surface area contributed by atoms with Gasteiger partial charge in [-0.05, 0) is 57.1 Å². The van der Waals surface area contributed by atoms with Crippen molar-refractivity contribution in [2.24, 2.45) is 0 Å². The van der Waals surface area contributed by atoms with Gasteiger partial charge in [0.15, 0.2) is 0 Å². The van der Waals surface area contributed by atoms with Crippen LogP contribution in [0.1, 0.15) is 29.3 Å². The minimum atomic E-state index is -0.149. The van der Waals surface area contributed by atoms with Gasteiger partial charge in [-0.1, -0.05) is 24.3 Å². The molecule has 2 amide bonds. The predicted octanol–water partition coefficient (Wildman–Crippen LogP) is 3.08. The summed E-state index contributed by atoms with van der Waals surface area (Å²) >= 11 is 0. The third-order valence-electron chi connectivity index (χ3n) is 4.19. The minimum absolute atomic E-state index is 0.115. The van der Waals surface area contributed by atoms with Gasteiger partial charge in [0, 0.05) is 24.3 Å². The number of para-hydroxylation sites is 1. The zero-order valence-corrected chi connectivity index (χ0v) is 16.8. The average Bonchev–Trinajstić information content (AvgIpc) is 2.67. The number of nitrogens with one attached hydrogen (secondary N) is 2. The lowest BCUT2D eigenvalue weighted by molar-refractivity contribution is -0.117. The van der Waals surface area contributed by atoms with Crippen LogP contribution in [-0.2, 0) is 4.79 Å². The van der Waals surface area contributed by atoms with E-state index in [2.05, 4.69) is 10.6 Å². The van der Waals surface area contributed by atoms with Gasteiger partial charge >= 0.3 is 0 Å². The lowest BCUT2D eigenvalue weighted by Gasteiger charge is -2.17. The molecule has 0 atom stereocenters. The first-order valence-electron chi connectivity index (χ1n) is 9.54. The van der Waals surface area contributed by atoms with Crippen molar-refractivity contribution in [1.82, 2.24) is 10.2 Å². The van der Waals surface area contributed by atoms with E-state index in [-0.39, 0.29) is 18.4 Å². The van der Waals surface area contributed by atoms with Crippen molar-refractivity contribution in [3.8, 4) is 5.75 Å². The number of amides is 2. The highest BCUT2D eigenvalue weighted by Crippen LogP contribution is 2.16. The van der Waals surface area contributed by atoms with Crippen LogP contribution in [0, 0.1) is 6.92 Å². The predicted molar refractivity (Wildman–Crippen MR) is 112 cm³/mol. The molecule has 6 nitrogen and oxygen atoms in total. The van der Waals surface area contributed by atoms with E-state index in [1.807, 2.05) is 50.1 Å². The molecule has 0 aliphatic rings. The molecule has 0 fully saturated rings. The summed E-state index contributed by atoms with van der Waals surface area (Å²) < 4.78 is 5.78. The van der Waals surface area contributed by atoms with Crippen LogP contribution >= 0.6 is 0 Å². The van der Waals surface area contributed by atoms with Crippen LogP contribution in [0.2, 0.25) is 0 Å². The minimum Gasteiger partial charge on any atom is -0.493 e. The van der Waals surface area contributed by atoms with Crippen molar-refractivity contribution >= 4 is 17.5 Å². The zero-order chi connectivity index (χ0) is 20.4. The summed E-state index contributed by atoms with van der Waals surface area (Å²) in [7, 11) is 1.90. The number of hydrogen-bond acceptors (Lipinski definition) is 4. The van der Waals surface area contributed by atoms with Crippen LogP contribution in [-0.4, -0.2) is 50.0 Å². The fourth-order valence-electron chi connectivity index (χ4n) is 2.76. The maximum atomic E-state index is 12.2. The Balaban J connectivity index is 1.73. The fraction of sp³-hybridized carbons (Fsp3) is 0.364. The molecule has 2 aromatic carbocycles. The highest BCUT2D eigenvalue weighted by molar-refractivity contribution is 5.97. The van der Waals surface area contributed by atoms with Gasteiger partial charge in [-0.25, -0.2) is 0 Å². The van der Waals surface area contributed by atoms with Gasteiger partial charge in [0.25, 0.3) is 5.91 Å². The maximum absolute atomic E-state index is 12.2. The molecule has 2 aromatic rings. The van der Waals surface area contributed by atoms with E-state index in [1.54, 1.807) is 24.3 Å². The number of carbonyl (C=O) groups excluding carboxylic acids is 2. The van der Waals surface area contributed by atoms with E-state index < -0.39 is 0 Å². The molecular weight excluding hydrogens is 354 g/mol. The first-order valence-corrected chi connectivity index (χ1v) is 9.54. The van der Waals surface area contributed by atoms with Gasteiger partial charge in [-0.15, -0.1) is 0 Å². The molecule has 0 heterocycles. The van der Waals surface area contributed by atoms with Gasteiger partial charge in [-0.3, -0.25) is 14.5 Å². The quantitative estimate of drug-likeness (QED) is 0.619. The summed E-state index contributed by atoms with van der Waals surface area (Å²) in [5.74, 6) is 0.634. The Morgan fingerprint density at radius 3 is 2.64 bits per heavy atom. The molecule has 0 aliphatic heterocycles. The molecule has 0 bridgehead atoms. The number of benzene rings is 2. The Kier molecular flexibility index (Phi) is 8.49. The molecule has 0 unspecified atom stereocenters. The monoisotopic (exact) mass is 383 g/mol. The van der Waals surface area contributed by atoms with Crippen molar-refractivity contribution in [2.75, 3.05) is 38.6 Å². The molecule has 0 radical (unpaired) electrons. The number of carbonyl (C=O) groups is 2. The van der Waals surface area contributed by atoms with E-state index in [1.165, 1.54) is 0 Å². The molecular formula is C22H29N3O3. The fourth-order valence-corrected chi connectivity index (χ4v) is 2.76. The van der Waals surface area contributed by atoms with Gasteiger partial charge in [-0.2, -0.15) is 0 Å². The molecule has 150 valence electrons. The first kappa shape index (κ1) is 21.4. The molecule has 0 saturated heterocycles. The van der Waals surface area contributed by atoms with Gasteiger partial charge in [0.05, 0.1) is 13.2 Å². The van der Waals surface area contributed by atoms with Crippen molar-refractivity contribution in [3.63, 3.8) is 0 Å². The van der Waals surface area contributed by atoms with Crippen LogP contribution in [0.25, 0.3) is 0 Å². The number of anilines is 1. The van der Waals surface area contributed by atoms with E-state index in [0.717, 1.165) is 24.3 Å². The largest absolute Gasteiger partial charge is 0.493 e. The first-order chi connectivity index (χ1) is 13.5. The number of likely N-dealkylation sites (N-methyl/N-ethyl adjacent to an activating group) is 1. The Morgan fingerprint density at radius 2 is 1.89 bits per heavy atom. The van der Waals surface area contributed by atoms with E-state index in [4.69, 9.17) is 4.74 Å². The number of hydrogen-bond donors (Lipinski definition) is 2. The third-order valence-corrected chi connectivity index (χ3v) is 4.19. The van der Waals surface area contributed by atoms with Crippen LogP contribution in [0.5, 0.6) is 5.75 Å². The molecule has 6 heteroatoms. The standard InChI is InChI=1S/C22H29N3O3/c1-4-23-22(27)18-10-7-11-19(15-18)24-21(26)16-25(3)13-8-14-28-20-12-6-5-9-17(20)2/h5-7,9-12,15H,4,8,13-14,16H2,1-3H3,(H,23,27)(H,24,26). The molecule has 2 rings (SSSR count). The highest BCUT2D eigenvalue weighted by Gasteiger charge is 2.09. The van der Waals surface area contributed by atoms with Crippen LogP contribution in [0.3, 0.4) is 0 Å². The lowest BCUT2D eigenvalue weighted by Crippen LogP contribution is -2.31. The molecule has 28 heavy (non-hydrogen) atoms. The SMILES string of the molecule is CCNC(=O)c1cccc(NC(=O)CN(C)CCCOc2ccccc2C)c1. The Labute approximate surface area is 166 Å². The Bertz CT molecular complexity index is 792. The van der Waals surface area contributed by atoms with Crippen LogP contribution in [0.15, 0.2) is 48.5 Å². The number of aryl methyl sites for hydroxylation is 1. The van der Waals surface area contributed by atoms with Crippen molar-refractivity contribution in [3.05, 3.63) is 59.7 Å². The van der Waals surface area contributed by atoms with Crippen molar-refractivity contribution < 1.29 is 14.3 Å². The number of nitrogens with zero attached hydrogens (tertiary/aromatic N) is 1. The maximum Gasteiger partial charge on any atom is 0.251 e. The number of ether oxygens (including phenoxy) is 1. The second-order valence-electron chi connectivity index (χ2n) is 6.69. The molecule has 2 N–H and O–H groups in total. The summed E-state index contributed by atoms with van der Waals surface area (Å²) in [6.45, 7) is 6.07. The highest BCUT2D eigenvalue weighted by atomic mass is 16.5. The normalized spacial score (nSPS) is 10.6. The molecule has 0 spiro atoms. The second-order valence-corrected chi connectivity index (χ2v) is 6.69. The van der Waals surface area contributed by atoms with Gasteiger partial charge in [0.2, 0.25) is 5.91 Å². The van der Waals surface area contributed by atoms with Crippen LogP contribution < -0.4 is 15.4 Å². The topological polar surface area (TPSA) is 70.7 Å². The smallest absolute Gasteiger partial charge is 0.251 e. The van der Waals surface area contributed by atoms with Crippen LogP contribution in [0.4, 0.5) is 5.69 Å². The Morgan fingerprint density at radius 1 is 1.11 bits per heavy atom. The van der Waals surface area contributed by atoms with E-state index in [9.17, 15) is 9.59 Å². The van der Waals surface area contributed by atoms with Gasteiger partial charge < -0.3 is 15.4 Å². The summed E-state index contributed by atoms with van der Waals surface area (Å²) in [5, 5.41) is 5.59. The van der Waals surface area contributed by atoms with Gasteiger partial charge in [0.1, 0.15) is 5.75 Å². The zero-order valence-electron chi connectivity index (χ0n) is 16.8. The van der Waals surface area contributed by atoms with E-state index in [0.29, 0.717) is 24.4 Å². The summed E-state index contributed by atoms with van der Waals surface area (Å²) in [6.07, 6.45) is 0.824. The summed E-state index contributed by atoms with van der Waals surface area (Å²) in [6, 6.07) is 14.9. The van der Waals surface area contributed by atoms with E-state index >= 15 is 0 Å². The third kappa shape index (κ3) is 7.04. The second kappa shape index (κ2) is 11.1. The summed E-state index contributed by atoms with van der Waals surface area (Å²) in [5.41, 5.74) is 2.26. The number of rotatable bonds is 10. The Hall–Kier alpha value is -2.86. The van der Waals surface area contributed by atoms with Crippen molar-refractivity contribution in [2.45, 2.75) is 20.3 Å².